The van der Waals surface area contributed by atoms with E-state index in [0.29, 0.717) is 19.1 Å². The van der Waals surface area contributed by atoms with Crippen LogP contribution in [0.4, 0.5) is 10.8 Å². The van der Waals surface area contributed by atoms with E-state index in [2.05, 4.69) is 34.3 Å². The Hall–Kier alpha value is -2.85. The van der Waals surface area contributed by atoms with Crippen LogP contribution in [0.3, 0.4) is 0 Å². The highest BCUT2D eigenvalue weighted by Gasteiger charge is 2.17. The normalized spacial score (nSPS) is 11.5. The number of nitrogens with zero attached hydrogens (tertiary/aromatic N) is 3. The van der Waals surface area contributed by atoms with Crippen LogP contribution in [0.5, 0.6) is 5.75 Å². The molecule has 152 valence electrons. The third-order valence-electron chi connectivity index (χ3n) is 3.92. The molecule has 0 bridgehead atoms. The van der Waals surface area contributed by atoms with Gasteiger partial charge in [0.1, 0.15) is 17.0 Å². The fourth-order valence-electron chi connectivity index (χ4n) is 2.81. The number of benzene rings is 1. The Morgan fingerprint density at radius 2 is 1.97 bits per heavy atom. The highest BCUT2D eigenvalue weighted by Crippen LogP contribution is 2.34. The van der Waals surface area contributed by atoms with Gasteiger partial charge in [-0.2, -0.15) is 0 Å². The lowest BCUT2D eigenvalue weighted by molar-refractivity contribution is 0.133. The number of nitrogens with one attached hydrogen (secondary N) is 2. The van der Waals surface area contributed by atoms with Crippen molar-refractivity contribution in [3.63, 3.8) is 0 Å². The Bertz CT molecular complexity index is 1030. The Morgan fingerprint density at radius 1 is 1.17 bits per heavy atom. The van der Waals surface area contributed by atoms with Crippen LogP contribution in [0.25, 0.3) is 27.1 Å². The first kappa shape index (κ1) is 20.9. The van der Waals surface area contributed by atoms with Gasteiger partial charge < -0.3 is 20.2 Å². The number of thiazole rings is 1. The van der Waals surface area contributed by atoms with Gasteiger partial charge in [-0.15, -0.1) is 11.3 Å². The first-order valence-electron chi connectivity index (χ1n) is 9.68. The molecule has 0 radical (unpaired) electrons. The van der Waals surface area contributed by atoms with Crippen molar-refractivity contribution in [3.8, 4) is 17.1 Å². The van der Waals surface area contributed by atoms with E-state index in [1.54, 1.807) is 11.3 Å². The zero-order valence-electron chi connectivity index (χ0n) is 17.5. The SMILES string of the molecule is [C-]#[N+]CCNc1ccc2c(OC(C)(C)C)cc(-c3csc(NC(C)C)n3)nc2c1. The Labute approximate surface area is 176 Å². The van der Waals surface area contributed by atoms with Crippen molar-refractivity contribution in [2.45, 2.75) is 46.3 Å². The third kappa shape index (κ3) is 5.58. The molecular weight excluding hydrogens is 382 g/mol. The minimum Gasteiger partial charge on any atom is -0.487 e. The molecule has 0 aliphatic heterocycles. The number of ether oxygens (including phenoxy) is 1. The zero-order valence-corrected chi connectivity index (χ0v) is 18.4. The largest absolute Gasteiger partial charge is 0.487 e. The van der Waals surface area contributed by atoms with Crippen molar-refractivity contribution in [2.75, 3.05) is 23.7 Å². The third-order valence-corrected chi connectivity index (χ3v) is 4.69. The summed E-state index contributed by atoms with van der Waals surface area (Å²) in [7, 11) is 0. The minimum atomic E-state index is -0.329. The topological polar surface area (TPSA) is 63.4 Å². The number of rotatable bonds is 7. The molecule has 0 unspecified atom stereocenters. The van der Waals surface area contributed by atoms with E-state index >= 15 is 0 Å². The van der Waals surface area contributed by atoms with Crippen LogP contribution in [0.1, 0.15) is 34.6 Å². The van der Waals surface area contributed by atoms with E-state index < -0.39 is 0 Å². The molecule has 7 heteroatoms. The molecule has 29 heavy (non-hydrogen) atoms. The second-order valence-electron chi connectivity index (χ2n) is 8.10. The molecule has 3 rings (SSSR count). The van der Waals surface area contributed by atoms with Gasteiger partial charge in [0, 0.05) is 28.6 Å². The highest BCUT2D eigenvalue weighted by atomic mass is 32.1. The van der Waals surface area contributed by atoms with Crippen LogP contribution >= 0.6 is 11.3 Å². The molecule has 2 N–H and O–H groups in total. The van der Waals surface area contributed by atoms with Crippen molar-refractivity contribution >= 4 is 33.1 Å². The molecule has 0 amide bonds. The lowest BCUT2D eigenvalue weighted by atomic mass is 10.1. The number of anilines is 2. The van der Waals surface area contributed by atoms with E-state index in [1.807, 2.05) is 50.4 Å². The average Bonchev–Trinajstić information content (AvgIpc) is 3.08. The van der Waals surface area contributed by atoms with Gasteiger partial charge in [0.05, 0.1) is 17.8 Å². The first-order chi connectivity index (χ1) is 13.7. The maximum atomic E-state index is 6.92. The lowest BCUT2D eigenvalue weighted by Crippen LogP contribution is -2.23. The van der Waals surface area contributed by atoms with Crippen LogP contribution in [-0.2, 0) is 0 Å². The van der Waals surface area contributed by atoms with Gasteiger partial charge in [0.2, 0.25) is 6.54 Å². The van der Waals surface area contributed by atoms with Gasteiger partial charge in [-0.1, -0.05) is 0 Å². The molecule has 2 heterocycles. The Kier molecular flexibility index (Phi) is 6.23. The predicted octanol–water partition coefficient (Wildman–Crippen LogP) is 5.69. The monoisotopic (exact) mass is 409 g/mol. The summed E-state index contributed by atoms with van der Waals surface area (Å²) >= 11 is 1.57. The number of fused-ring (bicyclic) bond motifs is 1. The summed E-state index contributed by atoms with van der Waals surface area (Å²) in [6.07, 6.45) is 0. The summed E-state index contributed by atoms with van der Waals surface area (Å²) in [4.78, 5) is 12.9. The second kappa shape index (κ2) is 8.66. The second-order valence-corrected chi connectivity index (χ2v) is 8.96. The zero-order chi connectivity index (χ0) is 21.0. The van der Waals surface area contributed by atoms with Crippen molar-refractivity contribution in [2.24, 2.45) is 0 Å². The molecule has 6 nitrogen and oxygen atoms in total. The number of hydrogen-bond donors (Lipinski definition) is 2. The number of pyridine rings is 1. The summed E-state index contributed by atoms with van der Waals surface area (Å²) in [5, 5.41) is 10.5. The average molecular weight is 410 g/mol. The van der Waals surface area contributed by atoms with Gasteiger partial charge in [-0.05, 0) is 52.8 Å². The lowest BCUT2D eigenvalue weighted by Gasteiger charge is -2.23. The van der Waals surface area contributed by atoms with Crippen LogP contribution < -0.4 is 15.4 Å². The summed E-state index contributed by atoms with van der Waals surface area (Å²) < 4.78 is 6.25. The van der Waals surface area contributed by atoms with Crippen LogP contribution in [-0.4, -0.2) is 34.7 Å². The van der Waals surface area contributed by atoms with Crippen molar-refractivity contribution in [3.05, 3.63) is 41.1 Å². The quantitative estimate of drug-likeness (QED) is 0.388. The molecule has 0 aliphatic rings. The summed E-state index contributed by atoms with van der Waals surface area (Å²) in [6.45, 7) is 18.3. The van der Waals surface area contributed by atoms with Crippen molar-refractivity contribution in [1.29, 1.82) is 0 Å². The Morgan fingerprint density at radius 3 is 2.66 bits per heavy atom. The van der Waals surface area contributed by atoms with Crippen molar-refractivity contribution < 1.29 is 4.74 Å². The number of hydrogen-bond acceptors (Lipinski definition) is 6. The molecule has 2 aromatic heterocycles. The summed E-state index contributed by atoms with van der Waals surface area (Å²) in [5.74, 6) is 0.788. The molecule has 1 aromatic carbocycles. The standard InChI is InChI=1S/C22H27N5OS/c1-14(2)25-21-27-19(13-29-21)18-12-20(28-22(3,4)5)16-8-7-15(11-17(16)26-18)24-10-9-23-6/h7-8,11-14,24H,9-10H2,1-5H3,(H,25,27). The van der Waals surface area contributed by atoms with E-state index in [4.69, 9.17) is 16.3 Å². The molecular formula is C22H27N5OS. The summed E-state index contributed by atoms with van der Waals surface area (Å²) in [6, 6.07) is 8.30. The van der Waals surface area contributed by atoms with E-state index in [-0.39, 0.29) is 5.60 Å². The van der Waals surface area contributed by atoms with Gasteiger partial charge in [-0.3, -0.25) is 0 Å². The van der Waals surface area contributed by atoms with Crippen LogP contribution in [0, 0.1) is 6.57 Å². The fraction of sp³-hybridized carbons (Fsp3) is 0.409. The molecule has 0 fully saturated rings. The minimum absolute atomic E-state index is 0.322. The molecule has 0 aliphatic carbocycles. The van der Waals surface area contributed by atoms with Crippen LogP contribution in [0.15, 0.2) is 29.6 Å². The highest BCUT2D eigenvalue weighted by molar-refractivity contribution is 7.14. The number of aromatic nitrogens is 2. The first-order valence-corrected chi connectivity index (χ1v) is 10.6. The predicted molar refractivity (Wildman–Crippen MR) is 122 cm³/mol. The van der Waals surface area contributed by atoms with E-state index in [1.165, 1.54) is 0 Å². The van der Waals surface area contributed by atoms with E-state index in [0.717, 1.165) is 38.9 Å². The summed E-state index contributed by atoms with van der Waals surface area (Å²) in [5.41, 5.74) is 3.05. The van der Waals surface area contributed by atoms with Gasteiger partial charge in [0.25, 0.3) is 0 Å². The fourth-order valence-corrected chi connectivity index (χ4v) is 3.66. The molecule has 0 saturated heterocycles. The molecule has 0 saturated carbocycles. The maximum Gasteiger partial charge on any atom is 0.231 e. The van der Waals surface area contributed by atoms with Gasteiger partial charge in [0.15, 0.2) is 5.13 Å². The smallest absolute Gasteiger partial charge is 0.231 e. The molecule has 0 atom stereocenters. The maximum absolute atomic E-state index is 6.92. The Balaban J connectivity index is 2.04. The van der Waals surface area contributed by atoms with Gasteiger partial charge >= 0.3 is 0 Å². The van der Waals surface area contributed by atoms with Crippen molar-refractivity contribution in [1.82, 2.24) is 9.97 Å². The van der Waals surface area contributed by atoms with Crippen LogP contribution in [0.2, 0.25) is 0 Å². The molecule has 0 spiro atoms. The van der Waals surface area contributed by atoms with E-state index in [9.17, 15) is 0 Å². The van der Waals surface area contributed by atoms with Gasteiger partial charge in [-0.25, -0.2) is 16.5 Å². The molecule has 3 aromatic rings.